The van der Waals surface area contributed by atoms with Crippen LogP contribution in [0.5, 0.6) is 0 Å². The number of nitrogens with zero attached hydrogens (tertiary/aromatic N) is 1. The minimum Gasteiger partial charge on any atom is -0.464 e. The Balaban J connectivity index is 2.09. The van der Waals surface area contributed by atoms with Crippen molar-refractivity contribution in [2.24, 2.45) is 0 Å². The maximum Gasteiger partial charge on any atom is 0.328 e. The summed E-state index contributed by atoms with van der Waals surface area (Å²) >= 11 is 0. The molecule has 0 N–H and O–H groups in total. The Labute approximate surface area is 111 Å². The summed E-state index contributed by atoms with van der Waals surface area (Å²) in [5.74, 6) is -0.753. The van der Waals surface area contributed by atoms with Crippen molar-refractivity contribution in [3.63, 3.8) is 0 Å². The molecule has 0 aromatic heterocycles. The van der Waals surface area contributed by atoms with Crippen LogP contribution in [0.4, 0.5) is 4.39 Å². The molecule has 1 aliphatic heterocycles. The minimum atomic E-state index is -0.516. The van der Waals surface area contributed by atoms with Gasteiger partial charge in [-0.2, -0.15) is 0 Å². The van der Waals surface area contributed by atoms with Crippen molar-refractivity contribution in [2.45, 2.75) is 32.4 Å². The lowest BCUT2D eigenvalue weighted by molar-refractivity contribution is -0.151. The summed E-state index contributed by atoms with van der Waals surface area (Å²) in [7, 11) is 0. The number of rotatable bonds is 4. The Morgan fingerprint density at radius 1 is 1.42 bits per heavy atom. The van der Waals surface area contributed by atoms with Crippen LogP contribution in [0.25, 0.3) is 0 Å². The van der Waals surface area contributed by atoms with Crippen LogP contribution in [0, 0.1) is 5.82 Å². The minimum absolute atomic E-state index is 0.0672. The highest BCUT2D eigenvalue weighted by molar-refractivity contribution is 5.88. The largest absolute Gasteiger partial charge is 0.464 e. The molecular weight excluding hydrogens is 249 g/mol. The maximum atomic E-state index is 12.8. The molecule has 1 unspecified atom stereocenters. The van der Waals surface area contributed by atoms with Crippen LogP contribution in [0.15, 0.2) is 24.3 Å². The number of hydrogen-bond acceptors (Lipinski definition) is 3. The summed E-state index contributed by atoms with van der Waals surface area (Å²) in [6.45, 7) is 2.34. The van der Waals surface area contributed by atoms with Crippen LogP contribution in [-0.2, 0) is 20.9 Å². The first-order valence-corrected chi connectivity index (χ1v) is 6.32. The molecular formula is C14H16FNO3. The highest BCUT2D eigenvalue weighted by atomic mass is 19.1. The van der Waals surface area contributed by atoms with E-state index in [2.05, 4.69) is 0 Å². The number of ether oxygens (including phenoxy) is 1. The smallest absolute Gasteiger partial charge is 0.328 e. The first-order valence-electron chi connectivity index (χ1n) is 6.32. The van der Waals surface area contributed by atoms with Gasteiger partial charge in [-0.3, -0.25) is 4.79 Å². The monoisotopic (exact) mass is 265 g/mol. The number of carbonyl (C=O) groups excluding carboxylic acids is 2. The quantitative estimate of drug-likeness (QED) is 0.781. The zero-order chi connectivity index (χ0) is 13.8. The van der Waals surface area contributed by atoms with E-state index in [-0.39, 0.29) is 17.7 Å². The van der Waals surface area contributed by atoms with Gasteiger partial charge >= 0.3 is 5.97 Å². The second-order valence-electron chi connectivity index (χ2n) is 4.45. The van der Waals surface area contributed by atoms with Gasteiger partial charge < -0.3 is 9.64 Å². The first-order chi connectivity index (χ1) is 9.11. The lowest BCUT2D eigenvalue weighted by Crippen LogP contribution is -2.39. The van der Waals surface area contributed by atoms with E-state index in [9.17, 15) is 14.0 Å². The van der Waals surface area contributed by atoms with Gasteiger partial charge in [0.05, 0.1) is 6.61 Å². The Hall–Kier alpha value is -1.91. The molecule has 1 atom stereocenters. The van der Waals surface area contributed by atoms with Crippen molar-refractivity contribution >= 4 is 11.9 Å². The van der Waals surface area contributed by atoms with Crippen LogP contribution < -0.4 is 0 Å². The zero-order valence-electron chi connectivity index (χ0n) is 10.8. The maximum absolute atomic E-state index is 12.8. The predicted octanol–water partition coefficient (Wildman–Crippen LogP) is 1.88. The van der Waals surface area contributed by atoms with Gasteiger partial charge in [-0.15, -0.1) is 0 Å². The molecule has 1 aliphatic rings. The lowest BCUT2D eigenvalue weighted by Gasteiger charge is -2.23. The summed E-state index contributed by atoms with van der Waals surface area (Å²) in [6, 6.07) is 5.40. The van der Waals surface area contributed by atoms with Crippen molar-refractivity contribution in [3.8, 4) is 0 Å². The molecule has 0 bridgehead atoms. The number of carbonyl (C=O) groups is 2. The SMILES string of the molecule is CCOC(=O)C1CCC(=O)N1Cc1ccc(F)cc1. The molecule has 1 amide bonds. The van der Waals surface area contributed by atoms with Gasteiger partial charge in [0.1, 0.15) is 11.9 Å². The van der Waals surface area contributed by atoms with E-state index < -0.39 is 6.04 Å². The lowest BCUT2D eigenvalue weighted by atomic mass is 10.2. The molecule has 102 valence electrons. The van der Waals surface area contributed by atoms with Gasteiger partial charge in [0, 0.05) is 13.0 Å². The van der Waals surface area contributed by atoms with Crippen LogP contribution in [0.2, 0.25) is 0 Å². The fourth-order valence-corrected chi connectivity index (χ4v) is 2.20. The molecule has 4 nitrogen and oxygen atoms in total. The number of esters is 1. The Bertz CT molecular complexity index is 472. The van der Waals surface area contributed by atoms with E-state index in [0.29, 0.717) is 26.0 Å². The van der Waals surface area contributed by atoms with Gasteiger partial charge in [-0.05, 0) is 31.0 Å². The van der Waals surface area contributed by atoms with Crippen LogP contribution >= 0.6 is 0 Å². The standard InChI is InChI=1S/C14H16FNO3/c1-2-19-14(18)12-7-8-13(17)16(12)9-10-3-5-11(15)6-4-10/h3-6,12H,2,7-9H2,1H3. The Morgan fingerprint density at radius 2 is 2.11 bits per heavy atom. The number of amides is 1. The molecule has 1 aromatic rings. The molecule has 1 fully saturated rings. The van der Waals surface area contributed by atoms with Gasteiger partial charge in [0.15, 0.2) is 0 Å². The number of hydrogen-bond donors (Lipinski definition) is 0. The summed E-state index contributed by atoms with van der Waals surface area (Å²) in [6.07, 6.45) is 0.837. The summed E-state index contributed by atoms with van der Waals surface area (Å²) < 4.78 is 17.8. The third-order valence-electron chi connectivity index (χ3n) is 3.15. The normalized spacial score (nSPS) is 18.7. The molecule has 0 radical (unpaired) electrons. The Kier molecular flexibility index (Phi) is 4.14. The van der Waals surface area contributed by atoms with Crippen molar-refractivity contribution in [3.05, 3.63) is 35.6 Å². The molecule has 2 rings (SSSR count). The highest BCUT2D eigenvalue weighted by Crippen LogP contribution is 2.22. The van der Waals surface area contributed by atoms with Crippen molar-refractivity contribution < 1.29 is 18.7 Å². The molecule has 5 heteroatoms. The van der Waals surface area contributed by atoms with Gasteiger partial charge in [0.2, 0.25) is 5.91 Å². The molecule has 0 aliphatic carbocycles. The van der Waals surface area contributed by atoms with E-state index in [0.717, 1.165) is 5.56 Å². The molecule has 0 saturated carbocycles. The Morgan fingerprint density at radius 3 is 2.74 bits per heavy atom. The van der Waals surface area contributed by atoms with Crippen molar-refractivity contribution in [1.82, 2.24) is 4.90 Å². The molecule has 0 spiro atoms. The van der Waals surface area contributed by atoms with Crippen LogP contribution in [0.3, 0.4) is 0 Å². The zero-order valence-corrected chi connectivity index (χ0v) is 10.8. The predicted molar refractivity (Wildman–Crippen MR) is 66.6 cm³/mol. The third kappa shape index (κ3) is 3.10. The van der Waals surface area contributed by atoms with Crippen LogP contribution in [-0.4, -0.2) is 29.4 Å². The van der Waals surface area contributed by atoms with Gasteiger partial charge in [0.25, 0.3) is 0 Å². The highest BCUT2D eigenvalue weighted by Gasteiger charge is 2.36. The summed E-state index contributed by atoms with van der Waals surface area (Å²) in [4.78, 5) is 25.1. The van der Waals surface area contributed by atoms with Gasteiger partial charge in [-0.25, -0.2) is 9.18 Å². The van der Waals surface area contributed by atoms with Gasteiger partial charge in [-0.1, -0.05) is 12.1 Å². The number of likely N-dealkylation sites (tertiary alicyclic amines) is 1. The van der Waals surface area contributed by atoms with E-state index in [1.807, 2.05) is 0 Å². The third-order valence-corrected chi connectivity index (χ3v) is 3.15. The fourth-order valence-electron chi connectivity index (χ4n) is 2.20. The van der Waals surface area contributed by atoms with E-state index in [1.54, 1.807) is 19.1 Å². The first kappa shape index (κ1) is 13.5. The van der Waals surface area contributed by atoms with Crippen molar-refractivity contribution in [2.75, 3.05) is 6.61 Å². The molecule has 1 aromatic carbocycles. The molecule has 1 heterocycles. The molecule has 1 saturated heterocycles. The second kappa shape index (κ2) is 5.82. The summed E-state index contributed by atoms with van der Waals surface area (Å²) in [5, 5.41) is 0. The van der Waals surface area contributed by atoms with Crippen molar-refractivity contribution in [1.29, 1.82) is 0 Å². The molecule has 19 heavy (non-hydrogen) atoms. The fraction of sp³-hybridized carbons (Fsp3) is 0.429. The second-order valence-corrected chi connectivity index (χ2v) is 4.45. The average molecular weight is 265 g/mol. The van der Waals surface area contributed by atoms with Crippen LogP contribution in [0.1, 0.15) is 25.3 Å². The van der Waals surface area contributed by atoms with E-state index in [1.165, 1.54) is 17.0 Å². The van der Waals surface area contributed by atoms with E-state index in [4.69, 9.17) is 4.74 Å². The van der Waals surface area contributed by atoms with E-state index >= 15 is 0 Å². The number of halogens is 1. The number of benzene rings is 1. The average Bonchev–Trinajstić information content (AvgIpc) is 2.74. The topological polar surface area (TPSA) is 46.6 Å². The summed E-state index contributed by atoms with van der Waals surface area (Å²) in [5.41, 5.74) is 0.797.